The molecule has 4 heteroatoms. The van der Waals surface area contributed by atoms with Gasteiger partial charge in [-0.15, -0.1) is 0 Å². The lowest BCUT2D eigenvalue weighted by Gasteiger charge is -2.11. The van der Waals surface area contributed by atoms with Crippen LogP contribution in [0.15, 0.2) is 0 Å². The molecule has 0 aromatic rings. The summed E-state index contributed by atoms with van der Waals surface area (Å²) in [5.41, 5.74) is 0. The third-order valence-electron chi connectivity index (χ3n) is 1.56. The van der Waals surface area contributed by atoms with Crippen LogP contribution in [0.1, 0.15) is 32.6 Å². The van der Waals surface area contributed by atoms with E-state index in [9.17, 15) is 4.79 Å². The molecule has 0 bridgehead atoms. The van der Waals surface area contributed by atoms with Crippen molar-refractivity contribution in [3.8, 4) is 0 Å². The van der Waals surface area contributed by atoms with Crippen LogP contribution in [0.25, 0.3) is 0 Å². The van der Waals surface area contributed by atoms with Crippen molar-refractivity contribution in [2.24, 2.45) is 0 Å². The topological polar surface area (TPSA) is 40.5 Å². The van der Waals surface area contributed by atoms with Gasteiger partial charge in [-0.05, 0) is 13.5 Å². The summed E-state index contributed by atoms with van der Waals surface area (Å²) >= 11 is 0.862. The SMILES string of the molecule is CCCCCCN(C)SC(=O)O. The molecular weight excluding hydrogens is 174 g/mol. The largest absolute Gasteiger partial charge is 0.472 e. The first-order chi connectivity index (χ1) is 5.66. The Labute approximate surface area is 78.3 Å². The van der Waals surface area contributed by atoms with Gasteiger partial charge in [-0.25, -0.2) is 9.10 Å². The molecule has 1 N–H and O–H groups in total. The number of unbranched alkanes of at least 4 members (excludes halogenated alkanes) is 3. The fourth-order valence-electron chi connectivity index (χ4n) is 0.940. The lowest BCUT2D eigenvalue weighted by molar-refractivity contribution is 0.221. The van der Waals surface area contributed by atoms with E-state index >= 15 is 0 Å². The van der Waals surface area contributed by atoms with Crippen molar-refractivity contribution >= 4 is 17.2 Å². The van der Waals surface area contributed by atoms with Gasteiger partial charge in [-0.2, -0.15) is 0 Å². The van der Waals surface area contributed by atoms with Crippen LogP contribution in [0, 0.1) is 0 Å². The van der Waals surface area contributed by atoms with Crippen molar-refractivity contribution < 1.29 is 9.90 Å². The maximum atomic E-state index is 10.2. The van der Waals surface area contributed by atoms with Gasteiger partial charge in [0.05, 0.1) is 0 Å². The van der Waals surface area contributed by atoms with Gasteiger partial charge < -0.3 is 5.11 Å². The molecule has 0 aliphatic rings. The van der Waals surface area contributed by atoms with Gasteiger partial charge in [0.1, 0.15) is 0 Å². The summed E-state index contributed by atoms with van der Waals surface area (Å²) < 4.78 is 1.76. The third-order valence-corrected chi connectivity index (χ3v) is 2.21. The minimum Gasteiger partial charge on any atom is -0.472 e. The molecule has 0 fully saturated rings. The average molecular weight is 191 g/mol. The Hall–Kier alpha value is -0.220. The Bertz CT molecular complexity index is 130. The van der Waals surface area contributed by atoms with E-state index in [0.717, 1.165) is 24.9 Å². The lowest BCUT2D eigenvalue weighted by atomic mass is 10.2. The first-order valence-electron chi connectivity index (χ1n) is 4.28. The molecule has 0 radical (unpaired) electrons. The molecule has 0 rings (SSSR count). The first kappa shape index (κ1) is 11.8. The van der Waals surface area contributed by atoms with Crippen molar-refractivity contribution in [3.63, 3.8) is 0 Å². The molecule has 0 spiro atoms. The number of hydrogen-bond donors (Lipinski definition) is 1. The fourth-order valence-corrected chi connectivity index (χ4v) is 1.43. The summed E-state index contributed by atoms with van der Waals surface area (Å²) in [6.07, 6.45) is 4.74. The van der Waals surface area contributed by atoms with E-state index < -0.39 is 5.30 Å². The minimum absolute atomic E-state index is 0.826. The summed E-state index contributed by atoms with van der Waals surface area (Å²) in [6, 6.07) is 0. The van der Waals surface area contributed by atoms with Crippen LogP contribution in [0.3, 0.4) is 0 Å². The van der Waals surface area contributed by atoms with Gasteiger partial charge in [0.25, 0.3) is 0 Å². The summed E-state index contributed by atoms with van der Waals surface area (Å²) in [7, 11) is 1.81. The number of nitrogens with zero attached hydrogens (tertiary/aromatic N) is 1. The normalized spacial score (nSPS) is 10.6. The van der Waals surface area contributed by atoms with Crippen LogP contribution in [0.2, 0.25) is 0 Å². The van der Waals surface area contributed by atoms with Gasteiger partial charge >= 0.3 is 5.30 Å². The molecule has 0 aromatic heterocycles. The lowest BCUT2D eigenvalue weighted by Crippen LogP contribution is -2.12. The fraction of sp³-hybridized carbons (Fsp3) is 0.875. The molecule has 0 amide bonds. The van der Waals surface area contributed by atoms with Crippen molar-refractivity contribution in [3.05, 3.63) is 0 Å². The molecule has 0 saturated carbocycles. The van der Waals surface area contributed by atoms with Crippen LogP contribution in [-0.4, -0.2) is 28.3 Å². The van der Waals surface area contributed by atoms with Gasteiger partial charge in [-0.1, -0.05) is 26.2 Å². The smallest absolute Gasteiger partial charge is 0.380 e. The van der Waals surface area contributed by atoms with Crippen molar-refractivity contribution in [2.75, 3.05) is 13.6 Å². The third kappa shape index (κ3) is 7.88. The Morgan fingerprint density at radius 3 is 2.58 bits per heavy atom. The van der Waals surface area contributed by atoms with Crippen molar-refractivity contribution in [1.29, 1.82) is 0 Å². The number of hydrogen-bond acceptors (Lipinski definition) is 3. The highest BCUT2D eigenvalue weighted by Crippen LogP contribution is 2.09. The highest BCUT2D eigenvalue weighted by atomic mass is 32.2. The number of rotatable bonds is 6. The molecule has 0 aliphatic carbocycles. The Balaban J connectivity index is 3.19. The van der Waals surface area contributed by atoms with Crippen LogP contribution in [0.5, 0.6) is 0 Å². The first-order valence-corrected chi connectivity index (χ1v) is 5.06. The van der Waals surface area contributed by atoms with Crippen LogP contribution >= 0.6 is 11.9 Å². The van der Waals surface area contributed by atoms with Crippen LogP contribution in [0.4, 0.5) is 4.79 Å². The van der Waals surface area contributed by atoms with Gasteiger partial charge in [0, 0.05) is 18.5 Å². The second-order valence-electron chi connectivity index (χ2n) is 2.77. The van der Waals surface area contributed by atoms with Gasteiger partial charge in [0.15, 0.2) is 0 Å². The van der Waals surface area contributed by atoms with Gasteiger partial charge in [0.2, 0.25) is 0 Å². The Morgan fingerprint density at radius 2 is 2.08 bits per heavy atom. The van der Waals surface area contributed by atoms with E-state index in [2.05, 4.69) is 6.92 Å². The van der Waals surface area contributed by atoms with E-state index in [4.69, 9.17) is 5.11 Å². The maximum absolute atomic E-state index is 10.2. The van der Waals surface area contributed by atoms with E-state index in [0.29, 0.717) is 0 Å². The average Bonchev–Trinajstić information content (AvgIpc) is 1.97. The van der Waals surface area contributed by atoms with E-state index in [1.165, 1.54) is 19.3 Å². The molecular formula is C8H17NO2S. The molecule has 0 saturated heterocycles. The minimum atomic E-state index is -0.826. The summed E-state index contributed by atoms with van der Waals surface area (Å²) in [5.74, 6) is 0. The monoisotopic (exact) mass is 191 g/mol. The molecule has 72 valence electrons. The van der Waals surface area contributed by atoms with Gasteiger partial charge in [-0.3, -0.25) is 0 Å². The summed E-state index contributed by atoms with van der Waals surface area (Å²) in [6.45, 7) is 3.02. The second-order valence-corrected chi connectivity index (χ2v) is 3.92. The highest BCUT2D eigenvalue weighted by molar-refractivity contribution is 8.11. The zero-order valence-corrected chi connectivity index (χ0v) is 8.56. The Kier molecular flexibility index (Phi) is 7.29. The summed E-state index contributed by atoms with van der Waals surface area (Å²) in [4.78, 5) is 10.2. The highest BCUT2D eigenvalue weighted by Gasteiger charge is 2.03. The standard InChI is InChI=1S/C8H17NO2S/c1-3-4-5-6-7-9(2)12-8(10)11/h3-7H2,1-2H3,(H,10,11). The predicted octanol–water partition coefficient (Wildman–Crippen LogP) is 2.82. The molecule has 0 atom stereocenters. The molecule has 0 aromatic carbocycles. The van der Waals surface area contributed by atoms with Crippen molar-refractivity contribution in [2.45, 2.75) is 32.6 Å². The maximum Gasteiger partial charge on any atom is 0.380 e. The van der Waals surface area contributed by atoms with Crippen LogP contribution < -0.4 is 0 Å². The van der Waals surface area contributed by atoms with Crippen molar-refractivity contribution in [1.82, 2.24) is 4.31 Å². The van der Waals surface area contributed by atoms with Crippen LogP contribution in [-0.2, 0) is 0 Å². The molecule has 3 nitrogen and oxygen atoms in total. The molecule has 0 heterocycles. The molecule has 0 aliphatic heterocycles. The zero-order valence-electron chi connectivity index (χ0n) is 7.75. The second kappa shape index (κ2) is 7.43. The van der Waals surface area contributed by atoms with E-state index in [1.807, 2.05) is 7.05 Å². The molecule has 0 unspecified atom stereocenters. The predicted molar refractivity (Wildman–Crippen MR) is 52.4 cm³/mol. The van der Waals surface area contributed by atoms with E-state index in [-0.39, 0.29) is 0 Å². The van der Waals surface area contributed by atoms with E-state index in [1.54, 1.807) is 4.31 Å². The number of carboxylic acid groups (broad SMARTS) is 1. The quantitative estimate of drug-likeness (QED) is 0.517. The Morgan fingerprint density at radius 1 is 1.42 bits per heavy atom. The molecule has 12 heavy (non-hydrogen) atoms. The number of carbonyl (C=O) groups is 1. The summed E-state index contributed by atoms with van der Waals surface area (Å²) in [5, 5.41) is 7.58. The zero-order chi connectivity index (χ0) is 9.40.